The summed E-state index contributed by atoms with van der Waals surface area (Å²) >= 11 is 0. The van der Waals surface area contributed by atoms with E-state index in [0.717, 1.165) is 24.3 Å². The van der Waals surface area contributed by atoms with Crippen LogP contribution < -0.4 is 16.4 Å². The molecule has 0 bridgehead atoms. The lowest BCUT2D eigenvalue weighted by molar-refractivity contribution is -0.117. The van der Waals surface area contributed by atoms with Crippen LogP contribution in [-0.4, -0.2) is 18.5 Å². The molecule has 0 fully saturated rings. The van der Waals surface area contributed by atoms with Crippen molar-refractivity contribution in [3.8, 4) is 0 Å². The molecule has 4 nitrogen and oxygen atoms in total. The van der Waals surface area contributed by atoms with E-state index in [0.29, 0.717) is 12.3 Å². The van der Waals surface area contributed by atoms with E-state index in [-0.39, 0.29) is 5.91 Å². The summed E-state index contributed by atoms with van der Waals surface area (Å²) in [7, 11) is 0. The van der Waals surface area contributed by atoms with Gasteiger partial charge in [0.05, 0.1) is 6.04 Å². The zero-order chi connectivity index (χ0) is 14.3. The summed E-state index contributed by atoms with van der Waals surface area (Å²) < 4.78 is 0. The van der Waals surface area contributed by atoms with Gasteiger partial charge in [0.25, 0.3) is 0 Å². The van der Waals surface area contributed by atoms with Crippen LogP contribution in [0.4, 0.5) is 5.69 Å². The minimum Gasteiger partial charge on any atom is -0.325 e. The standard InChI is InChI=1S/C15H25N3O/c1-4-17-10-12-6-5-7-13(9-12)18-15(19)14(16)8-11(2)3/h5-7,9,11,14,17H,4,8,10,16H2,1-3H3,(H,18,19)/t14-/m0/s1. The van der Waals surface area contributed by atoms with Crippen molar-refractivity contribution in [1.82, 2.24) is 5.32 Å². The average Bonchev–Trinajstić information content (AvgIpc) is 2.36. The second-order valence-electron chi connectivity index (χ2n) is 5.21. The maximum atomic E-state index is 11.9. The molecular formula is C15H25N3O. The number of nitrogens with two attached hydrogens (primary N) is 1. The fraction of sp³-hybridized carbons (Fsp3) is 0.533. The number of hydrogen-bond donors (Lipinski definition) is 3. The van der Waals surface area contributed by atoms with Crippen molar-refractivity contribution in [2.24, 2.45) is 11.7 Å². The highest BCUT2D eigenvalue weighted by atomic mass is 16.2. The summed E-state index contributed by atoms with van der Waals surface area (Å²) in [6.45, 7) is 7.92. The molecule has 0 saturated heterocycles. The molecule has 19 heavy (non-hydrogen) atoms. The number of carbonyl (C=O) groups is 1. The van der Waals surface area contributed by atoms with Crippen LogP contribution in [0.5, 0.6) is 0 Å². The number of anilines is 1. The minimum atomic E-state index is -0.447. The molecule has 1 aromatic carbocycles. The molecule has 0 aliphatic heterocycles. The van der Waals surface area contributed by atoms with Crippen LogP contribution in [0.3, 0.4) is 0 Å². The molecule has 1 amide bonds. The quantitative estimate of drug-likeness (QED) is 0.706. The Balaban J connectivity index is 2.58. The Kier molecular flexibility index (Phi) is 6.53. The maximum absolute atomic E-state index is 11.9. The topological polar surface area (TPSA) is 67.1 Å². The monoisotopic (exact) mass is 263 g/mol. The van der Waals surface area contributed by atoms with Crippen LogP contribution in [0.2, 0.25) is 0 Å². The van der Waals surface area contributed by atoms with Gasteiger partial charge in [-0.25, -0.2) is 0 Å². The van der Waals surface area contributed by atoms with E-state index in [2.05, 4.69) is 31.4 Å². The third-order valence-corrected chi connectivity index (χ3v) is 2.84. The second kappa shape index (κ2) is 7.92. The van der Waals surface area contributed by atoms with E-state index in [9.17, 15) is 4.79 Å². The molecule has 0 unspecified atom stereocenters. The van der Waals surface area contributed by atoms with Gasteiger partial charge < -0.3 is 16.4 Å². The van der Waals surface area contributed by atoms with Crippen molar-refractivity contribution in [3.63, 3.8) is 0 Å². The van der Waals surface area contributed by atoms with Gasteiger partial charge in [0.2, 0.25) is 5.91 Å². The van der Waals surface area contributed by atoms with Gasteiger partial charge in [0.1, 0.15) is 0 Å². The predicted octanol–water partition coefficient (Wildman–Crippen LogP) is 2.11. The van der Waals surface area contributed by atoms with Gasteiger partial charge in [-0.05, 0) is 36.6 Å². The van der Waals surface area contributed by atoms with Crippen LogP contribution in [0, 0.1) is 5.92 Å². The van der Waals surface area contributed by atoms with Gasteiger partial charge in [0, 0.05) is 12.2 Å². The normalized spacial score (nSPS) is 12.5. The molecule has 0 saturated carbocycles. The van der Waals surface area contributed by atoms with Crippen molar-refractivity contribution in [3.05, 3.63) is 29.8 Å². The Morgan fingerprint density at radius 2 is 2.11 bits per heavy atom. The van der Waals surface area contributed by atoms with Crippen molar-refractivity contribution < 1.29 is 4.79 Å². The highest BCUT2D eigenvalue weighted by molar-refractivity contribution is 5.94. The number of benzene rings is 1. The van der Waals surface area contributed by atoms with Crippen LogP contribution in [0.1, 0.15) is 32.8 Å². The van der Waals surface area contributed by atoms with Crippen molar-refractivity contribution in [2.75, 3.05) is 11.9 Å². The summed E-state index contributed by atoms with van der Waals surface area (Å²) in [5.41, 5.74) is 7.82. The summed E-state index contributed by atoms with van der Waals surface area (Å²) in [6, 6.07) is 7.39. The number of nitrogens with one attached hydrogen (secondary N) is 2. The summed E-state index contributed by atoms with van der Waals surface area (Å²) in [5.74, 6) is 0.301. The molecular weight excluding hydrogens is 238 g/mol. The van der Waals surface area contributed by atoms with Crippen molar-refractivity contribution in [1.29, 1.82) is 0 Å². The third-order valence-electron chi connectivity index (χ3n) is 2.84. The zero-order valence-corrected chi connectivity index (χ0v) is 12.1. The fourth-order valence-corrected chi connectivity index (χ4v) is 1.88. The molecule has 4 heteroatoms. The van der Waals surface area contributed by atoms with Crippen LogP contribution in [-0.2, 0) is 11.3 Å². The first kappa shape index (κ1) is 15.7. The molecule has 106 valence electrons. The Morgan fingerprint density at radius 3 is 2.74 bits per heavy atom. The highest BCUT2D eigenvalue weighted by Gasteiger charge is 2.14. The van der Waals surface area contributed by atoms with Crippen LogP contribution >= 0.6 is 0 Å². The molecule has 0 spiro atoms. The Labute approximate surface area is 115 Å². The van der Waals surface area contributed by atoms with E-state index < -0.39 is 6.04 Å². The van der Waals surface area contributed by atoms with Gasteiger partial charge in [-0.2, -0.15) is 0 Å². The highest BCUT2D eigenvalue weighted by Crippen LogP contribution is 2.12. The number of carbonyl (C=O) groups excluding carboxylic acids is 1. The first-order valence-electron chi connectivity index (χ1n) is 6.89. The van der Waals surface area contributed by atoms with Crippen molar-refractivity contribution in [2.45, 2.75) is 39.8 Å². The maximum Gasteiger partial charge on any atom is 0.241 e. The van der Waals surface area contributed by atoms with E-state index in [1.54, 1.807) is 0 Å². The van der Waals surface area contributed by atoms with Gasteiger partial charge >= 0.3 is 0 Å². The lowest BCUT2D eigenvalue weighted by Crippen LogP contribution is -2.36. The molecule has 0 aliphatic carbocycles. The molecule has 0 radical (unpaired) electrons. The molecule has 1 atom stereocenters. The van der Waals surface area contributed by atoms with E-state index in [1.165, 1.54) is 0 Å². The lowest BCUT2D eigenvalue weighted by atomic mass is 10.0. The van der Waals surface area contributed by atoms with Crippen molar-refractivity contribution >= 4 is 11.6 Å². The SMILES string of the molecule is CCNCc1cccc(NC(=O)[C@@H](N)CC(C)C)c1. The van der Waals surface area contributed by atoms with Gasteiger partial charge in [-0.3, -0.25) is 4.79 Å². The van der Waals surface area contributed by atoms with Crippen LogP contribution in [0.25, 0.3) is 0 Å². The Bertz CT molecular complexity index is 404. The Morgan fingerprint density at radius 1 is 1.37 bits per heavy atom. The van der Waals surface area contributed by atoms with Gasteiger partial charge in [-0.15, -0.1) is 0 Å². The first-order chi connectivity index (χ1) is 9.02. The molecule has 4 N–H and O–H groups in total. The molecule has 1 rings (SSSR count). The third kappa shape index (κ3) is 5.85. The molecule has 0 heterocycles. The largest absolute Gasteiger partial charge is 0.325 e. The van der Waals surface area contributed by atoms with E-state index >= 15 is 0 Å². The van der Waals surface area contributed by atoms with E-state index in [1.807, 2.05) is 24.3 Å². The molecule has 0 aromatic heterocycles. The smallest absolute Gasteiger partial charge is 0.241 e. The second-order valence-corrected chi connectivity index (χ2v) is 5.21. The summed E-state index contributed by atoms with van der Waals surface area (Å²) in [5, 5.41) is 6.13. The summed E-state index contributed by atoms with van der Waals surface area (Å²) in [6.07, 6.45) is 0.697. The number of rotatable bonds is 7. The minimum absolute atomic E-state index is 0.116. The first-order valence-corrected chi connectivity index (χ1v) is 6.89. The number of amides is 1. The summed E-state index contributed by atoms with van der Waals surface area (Å²) in [4.78, 5) is 11.9. The number of hydrogen-bond acceptors (Lipinski definition) is 3. The Hall–Kier alpha value is -1.39. The van der Waals surface area contributed by atoms with Crippen LogP contribution in [0.15, 0.2) is 24.3 Å². The fourth-order valence-electron chi connectivity index (χ4n) is 1.88. The average molecular weight is 263 g/mol. The molecule has 1 aromatic rings. The van der Waals surface area contributed by atoms with E-state index in [4.69, 9.17) is 5.73 Å². The lowest BCUT2D eigenvalue weighted by Gasteiger charge is -2.14. The van der Waals surface area contributed by atoms with Gasteiger partial charge in [-0.1, -0.05) is 32.9 Å². The molecule has 0 aliphatic rings. The zero-order valence-electron chi connectivity index (χ0n) is 12.1. The predicted molar refractivity (Wildman–Crippen MR) is 79.9 cm³/mol. The van der Waals surface area contributed by atoms with Gasteiger partial charge in [0.15, 0.2) is 0 Å².